The van der Waals surface area contributed by atoms with E-state index in [2.05, 4.69) is 37.1 Å². The summed E-state index contributed by atoms with van der Waals surface area (Å²) in [4.78, 5) is 16.9. The summed E-state index contributed by atoms with van der Waals surface area (Å²) in [6.07, 6.45) is 0. The number of carbonyl (C=O) groups is 1. The Balaban J connectivity index is 2.12. The van der Waals surface area contributed by atoms with E-state index in [0.29, 0.717) is 13.1 Å². The van der Waals surface area contributed by atoms with Crippen molar-refractivity contribution in [3.05, 3.63) is 29.8 Å². The Labute approximate surface area is 128 Å². The van der Waals surface area contributed by atoms with Crippen LogP contribution < -0.4 is 10.2 Å². The number of rotatable bonds is 4. The zero-order valence-corrected chi connectivity index (χ0v) is 13.6. The van der Waals surface area contributed by atoms with Crippen molar-refractivity contribution in [3.8, 4) is 0 Å². The first-order chi connectivity index (χ1) is 9.95. The molecule has 1 aliphatic rings. The predicted octanol–water partition coefficient (Wildman–Crippen LogP) is 2.03. The molecule has 1 heterocycles. The number of para-hydroxylation sites is 1. The molecule has 4 heteroatoms. The smallest absolute Gasteiger partial charge is 0.241 e. The van der Waals surface area contributed by atoms with Crippen LogP contribution in [0.5, 0.6) is 0 Å². The van der Waals surface area contributed by atoms with Gasteiger partial charge in [-0.2, -0.15) is 0 Å². The van der Waals surface area contributed by atoms with Gasteiger partial charge in [0.05, 0.1) is 6.54 Å². The zero-order chi connectivity index (χ0) is 15.5. The largest absolute Gasteiger partial charge is 0.314 e. The molecule has 0 aliphatic carbocycles. The highest BCUT2D eigenvalue weighted by molar-refractivity contribution is 5.95. The van der Waals surface area contributed by atoms with E-state index in [-0.39, 0.29) is 11.4 Å². The molecule has 2 rings (SSSR count). The van der Waals surface area contributed by atoms with Gasteiger partial charge >= 0.3 is 0 Å². The molecule has 4 nitrogen and oxygen atoms in total. The van der Waals surface area contributed by atoms with Crippen molar-refractivity contribution in [1.29, 1.82) is 0 Å². The summed E-state index contributed by atoms with van der Waals surface area (Å²) in [7, 11) is 0. The third kappa shape index (κ3) is 3.63. The number of aryl methyl sites for hydroxylation is 1. The van der Waals surface area contributed by atoms with Crippen LogP contribution in [0.25, 0.3) is 0 Å². The van der Waals surface area contributed by atoms with Crippen LogP contribution in [-0.2, 0) is 4.79 Å². The minimum atomic E-state index is 0.0268. The number of likely N-dealkylation sites (N-methyl/N-ethyl adjacent to an activating group) is 1. The average Bonchev–Trinajstić information content (AvgIpc) is 2.44. The Morgan fingerprint density at radius 2 is 2.10 bits per heavy atom. The van der Waals surface area contributed by atoms with E-state index in [1.54, 1.807) is 0 Å². The molecule has 0 spiro atoms. The number of hydrogen-bond donors (Lipinski definition) is 1. The van der Waals surface area contributed by atoms with Crippen LogP contribution in [0.2, 0.25) is 0 Å². The minimum absolute atomic E-state index is 0.0268. The SMILES string of the molecule is CCN(C(=O)CN1CCNCC1(C)C)c1ccccc1C. The molecular formula is C17H27N3O. The Bertz CT molecular complexity index is 499. The van der Waals surface area contributed by atoms with Crippen LogP contribution in [0.1, 0.15) is 26.3 Å². The predicted molar refractivity (Wildman–Crippen MR) is 87.7 cm³/mol. The number of hydrogen-bond acceptors (Lipinski definition) is 3. The Hall–Kier alpha value is -1.39. The minimum Gasteiger partial charge on any atom is -0.314 e. The van der Waals surface area contributed by atoms with Crippen molar-refractivity contribution in [1.82, 2.24) is 10.2 Å². The number of amides is 1. The van der Waals surface area contributed by atoms with Gasteiger partial charge in [-0.25, -0.2) is 0 Å². The summed E-state index contributed by atoms with van der Waals surface area (Å²) in [6.45, 7) is 12.5. The Morgan fingerprint density at radius 3 is 2.71 bits per heavy atom. The Morgan fingerprint density at radius 1 is 1.38 bits per heavy atom. The van der Waals surface area contributed by atoms with E-state index in [9.17, 15) is 4.79 Å². The van der Waals surface area contributed by atoms with E-state index in [1.807, 2.05) is 30.0 Å². The molecule has 0 saturated carbocycles. The van der Waals surface area contributed by atoms with Crippen LogP contribution in [0, 0.1) is 6.92 Å². The monoisotopic (exact) mass is 289 g/mol. The first-order valence-corrected chi connectivity index (χ1v) is 7.77. The summed E-state index contributed by atoms with van der Waals surface area (Å²) in [5, 5.41) is 3.40. The molecule has 1 amide bonds. The van der Waals surface area contributed by atoms with Gasteiger partial charge < -0.3 is 10.2 Å². The lowest BCUT2D eigenvalue weighted by atomic mass is 10.00. The van der Waals surface area contributed by atoms with E-state index in [4.69, 9.17) is 0 Å². The standard InChI is InChI=1S/C17H27N3O/c1-5-20(15-9-7-6-8-14(15)2)16(21)12-19-11-10-18-13-17(19,3)4/h6-9,18H,5,10-13H2,1-4H3. The van der Waals surface area contributed by atoms with Crippen molar-refractivity contribution < 1.29 is 4.79 Å². The van der Waals surface area contributed by atoms with E-state index in [0.717, 1.165) is 30.9 Å². The fourth-order valence-electron chi connectivity index (χ4n) is 2.91. The highest BCUT2D eigenvalue weighted by Gasteiger charge is 2.32. The second kappa shape index (κ2) is 6.58. The Kier molecular flexibility index (Phi) is 5.01. The number of piperazine rings is 1. The van der Waals surface area contributed by atoms with Gasteiger partial charge in [-0.05, 0) is 39.3 Å². The van der Waals surface area contributed by atoms with Crippen LogP contribution in [-0.4, -0.2) is 49.1 Å². The molecule has 1 saturated heterocycles. The number of anilines is 1. The van der Waals surface area contributed by atoms with Gasteiger partial charge in [-0.1, -0.05) is 18.2 Å². The van der Waals surface area contributed by atoms with Gasteiger partial charge in [0.1, 0.15) is 0 Å². The summed E-state index contributed by atoms with van der Waals surface area (Å²) in [5.74, 6) is 0.182. The average molecular weight is 289 g/mol. The summed E-state index contributed by atoms with van der Waals surface area (Å²) in [6, 6.07) is 8.09. The lowest BCUT2D eigenvalue weighted by Crippen LogP contribution is -2.60. The van der Waals surface area contributed by atoms with Crippen molar-refractivity contribution >= 4 is 11.6 Å². The van der Waals surface area contributed by atoms with Crippen LogP contribution >= 0.6 is 0 Å². The molecule has 0 bridgehead atoms. The summed E-state index contributed by atoms with van der Waals surface area (Å²) >= 11 is 0. The van der Waals surface area contributed by atoms with Gasteiger partial charge in [0.25, 0.3) is 0 Å². The van der Waals surface area contributed by atoms with Gasteiger partial charge in [0, 0.05) is 37.4 Å². The normalized spacial score (nSPS) is 18.5. The number of nitrogens with one attached hydrogen (secondary N) is 1. The first kappa shape index (κ1) is 16.0. The van der Waals surface area contributed by atoms with E-state index >= 15 is 0 Å². The molecule has 1 aromatic carbocycles. The van der Waals surface area contributed by atoms with Crippen LogP contribution in [0.15, 0.2) is 24.3 Å². The van der Waals surface area contributed by atoms with Gasteiger partial charge in [-0.3, -0.25) is 9.69 Å². The molecule has 0 unspecified atom stereocenters. The maximum absolute atomic E-state index is 12.7. The zero-order valence-electron chi connectivity index (χ0n) is 13.6. The van der Waals surface area contributed by atoms with Crippen molar-refractivity contribution in [3.63, 3.8) is 0 Å². The number of nitrogens with zero attached hydrogens (tertiary/aromatic N) is 2. The van der Waals surface area contributed by atoms with Gasteiger partial charge in [0.2, 0.25) is 5.91 Å². The maximum atomic E-state index is 12.7. The first-order valence-electron chi connectivity index (χ1n) is 7.77. The summed E-state index contributed by atoms with van der Waals surface area (Å²) < 4.78 is 0. The quantitative estimate of drug-likeness (QED) is 0.921. The maximum Gasteiger partial charge on any atom is 0.241 e. The lowest BCUT2D eigenvalue weighted by molar-refractivity contribution is -0.121. The second-order valence-corrected chi connectivity index (χ2v) is 6.34. The molecule has 1 aromatic rings. The van der Waals surface area contributed by atoms with Gasteiger partial charge in [-0.15, -0.1) is 0 Å². The third-order valence-electron chi connectivity index (χ3n) is 4.32. The highest BCUT2D eigenvalue weighted by atomic mass is 16.2. The van der Waals surface area contributed by atoms with E-state index < -0.39 is 0 Å². The number of benzene rings is 1. The molecule has 1 N–H and O–H groups in total. The fourth-order valence-corrected chi connectivity index (χ4v) is 2.91. The summed E-state index contributed by atoms with van der Waals surface area (Å²) in [5.41, 5.74) is 2.20. The van der Waals surface area contributed by atoms with E-state index in [1.165, 1.54) is 0 Å². The van der Waals surface area contributed by atoms with Crippen LogP contribution in [0.4, 0.5) is 5.69 Å². The van der Waals surface area contributed by atoms with Gasteiger partial charge in [0.15, 0.2) is 0 Å². The highest BCUT2D eigenvalue weighted by Crippen LogP contribution is 2.21. The molecule has 116 valence electrons. The molecule has 0 aromatic heterocycles. The molecular weight excluding hydrogens is 262 g/mol. The fraction of sp³-hybridized carbons (Fsp3) is 0.588. The van der Waals surface area contributed by atoms with Crippen molar-refractivity contribution in [2.45, 2.75) is 33.2 Å². The second-order valence-electron chi connectivity index (χ2n) is 6.34. The molecule has 1 aliphatic heterocycles. The molecule has 21 heavy (non-hydrogen) atoms. The lowest BCUT2D eigenvalue weighted by Gasteiger charge is -2.43. The number of carbonyl (C=O) groups excluding carboxylic acids is 1. The topological polar surface area (TPSA) is 35.6 Å². The van der Waals surface area contributed by atoms with Crippen molar-refractivity contribution in [2.24, 2.45) is 0 Å². The third-order valence-corrected chi connectivity index (χ3v) is 4.32. The van der Waals surface area contributed by atoms with Crippen molar-refractivity contribution in [2.75, 3.05) is 37.6 Å². The molecule has 0 atom stereocenters. The van der Waals surface area contributed by atoms with Crippen LogP contribution in [0.3, 0.4) is 0 Å². The molecule has 1 fully saturated rings. The molecule has 0 radical (unpaired) electrons.